The number of carbonyl (C=O) groups is 2. The molecule has 1 saturated carbocycles. The number of nitrogens with two attached hydrogens (primary N) is 1. The van der Waals surface area contributed by atoms with Crippen LogP contribution in [0.1, 0.15) is 47.0 Å². The van der Waals surface area contributed by atoms with Crippen molar-refractivity contribution < 1.29 is 9.59 Å². The summed E-state index contributed by atoms with van der Waals surface area (Å²) in [6, 6.07) is 0. The molecule has 4 nitrogen and oxygen atoms in total. The summed E-state index contributed by atoms with van der Waals surface area (Å²) < 4.78 is 0. The Labute approximate surface area is 103 Å². The van der Waals surface area contributed by atoms with Gasteiger partial charge in [0.1, 0.15) is 0 Å². The Bertz CT molecular complexity index is 314. The van der Waals surface area contributed by atoms with Gasteiger partial charge in [0, 0.05) is 6.54 Å². The van der Waals surface area contributed by atoms with Crippen molar-refractivity contribution in [3.05, 3.63) is 0 Å². The largest absolute Gasteiger partial charge is 0.369 e. The first-order valence-electron chi connectivity index (χ1n) is 6.33. The van der Waals surface area contributed by atoms with E-state index >= 15 is 0 Å². The maximum Gasteiger partial charge on any atom is 0.224 e. The van der Waals surface area contributed by atoms with E-state index in [0.717, 1.165) is 19.3 Å². The van der Waals surface area contributed by atoms with Crippen LogP contribution >= 0.6 is 0 Å². The normalized spacial score (nSPS) is 20.2. The molecule has 1 rings (SSSR count). The summed E-state index contributed by atoms with van der Waals surface area (Å²) in [4.78, 5) is 24.0. The van der Waals surface area contributed by atoms with Gasteiger partial charge in [0.05, 0.1) is 11.3 Å². The average molecular weight is 240 g/mol. The predicted octanol–water partition coefficient (Wildman–Crippen LogP) is 1.44. The fourth-order valence-electron chi connectivity index (χ4n) is 2.98. The molecule has 0 aromatic carbocycles. The summed E-state index contributed by atoms with van der Waals surface area (Å²) in [5.41, 5.74) is 4.66. The second-order valence-corrected chi connectivity index (χ2v) is 6.07. The van der Waals surface area contributed by atoms with Crippen molar-refractivity contribution in [2.75, 3.05) is 6.54 Å². The van der Waals surface area contributed by atoms with Crippen LogP contribution in [0.4, 0.5) is 0 Å². The average Bonchev–Trinajstić information content (AvgIpc) is 2.08. The van der Waals surface area contributed by atoms with Crippen LogP contribution in [0.2, 0.25) is 0 Å². The van der Waals surface area contributed by atoms with Gasteiger partial charge in [-0.1, -0.05) is 27.2 Å². The first-order valence-corrected chi connectivity index (χ1v) is 6.33. The van der Waals surface area contributed by atoms with E-state index in [-0.39, 0.29) is 23.1 Å². The van der Waals surface area contributed by atoms with Crippen LogP contribution in [0.25, 0.3) is 0 Å². The van der Waals surface area contributed by atoms with E-state index in [1.807, 2.05) is 27.7 Å². The van der Waals surface area contributed by atoms with Crippen LogP contribution in [-0.2, 0) is 9.59 Å². The van der Waals surface area contributed by atoms with Crippen LogP contribution in [0.5, 0.6) is 0 Å². The molecule has 17 heavy (non-hydrogen) atoms. The van der Waals surface area contributed by atoms with Crippen molar-refractivity contribution in [2.45, 2.75) is 47.0 Å². The molecule has 0 bridgehead atoms. The maximum absolute atomic E-state index is 12.2. The zero-order chi connectivity index (χ0) is 13.3. The SMILES string of the molecule is CCNC(=O)C(C(C)(C)C)C1(C(N)=O)CCC1. The van der Waals surface area contributed by atoms with Crippen LogP contribution in [0.3, 0.4) is 0 Å². The molecular weight excluding hydrogens is 216 g/mol. The predicted molar refractivity (Wildman–Crippen MR) is 67.1 cm³/mol. The van der Waals surface area contributed by atoms with Crippen LogP contribution in [0, 0.1) is 16.7 Å². The molecule has 2 amide bonds. The molecule has 4 heteroatoms. The van der Waals surface area contributed by atoms with Crippen LogP contribution in [-0.4, -0.2) is 18.4 Å². The van der Waals surface area contributed by atoms with Crippen molar-refractivity contribution in [2.24, 2.45) is 22.5 Å². The standard InChI is InChI=1S/C13H24N2O2/c1-5-15-10(16)9(12(2,3)4)13(11(14)17)7-6-8-13/h9H,5-8H2,1-4H3,(H2,14,17)(H,15,16). The molecule has 1 unspecified atom stereocenters. The number of primary amides is 1. The number of hydrogen-bond acceptors (Lipinski definition) is 2. The van der Waals surface area contributed by atoms with E-state index in [0.29, 0.717) is 6.54 Å². The molecule has 0 aliphatic heterocycles. The minimum Gasteiger partial charge on any atom is -0.369 e. The molecule has 1 aliphatic rings. The molecule has 0 aromatic heterocycles. The Morgan fingerprint density at radius 3 is 2.12 bits per heavy atom. The van der Waals surface area contributed by atoms with E-state index in [2.05, 4.69) is 5.32 Å². The van der Waals surface area contributed by atoms with E-state index < -0.39 is 5.41 Å². The van der Waals surface area contributed by atoms with Gasteiger partial charge < -0.3 is 11.1 Å². The number of hydrogen-bond donors (Lipinski definition) is 2. The number of nitrogens with one attached hydrogen (secondary N) is 1. The monoisotopic (exact) mass is 240 g/mol. The lowest BCUT2D eigenvalue weighted by molar-refractivity contribution is -0.153. The third-order valence-corrected chi connectivity index (χ3v) is 3.77. The summed E-state index contributed by atoms with van der Waals surface area (Å²) in [7, 11) is 0. The van der Waals surface area contributed by atoms with Gasteiger partial charge in [-0.15, -0.1) is 0 Å². The molecule has 0 heterocycles. The van der Waals surface area contributed by atoms with Gasteiger partial charge in [-0.3, -0.25) is 9.59 Å². The molecule has 1 aliphatic carbocycles. The van der Waals surface area contributed by atoms with Crippen molar-refractivity contribution >= 4 is 11.8 Å². The lowest BCUT2D eigenvalue weighted by Gasteiger charge is -2.49. The van der Waals surface area contributed by atoms with Gasteiger partial charge in [0.15, 0.2) is 0 Å². The van der Waals surface area contributed by atoms with Gasteiger partial charge in [-0.2, -0.15) is 0 Å². The first kappa shape index (κ1) is 14.0. The lowest BCUT2D eigenvalue weighted by Crippen LogP contribution is -2.57. The summed E-state index contributed by atoms with van der Waals surface area (Å²) in [6.45, 7) is 8.46. The zero-order valence-corrected chi connectivity index (χ0v) is 11.3. The molecule has 0 radical (unpaired) electrons. The highest BCUT2D eigenvalue weighted by Gasteiger charge is 2.55. The fourth-order valence-corrected chi connectivity index (χ4v) is 2.98. The van der Waals surface area contributed by atoms with Crippen molar-refractivity contribution in [3.63, 3.8) is 0 Å². The van der Waals surface area contributed by atoms with Gasteiger partial charge in [0.25, 0.3) is 0 Å². The molecule has 0 spiro atoms. The Hall–Kier alpha value is -1.06. The van der Waals surface area contributed by atoms with Gasteiger partial charge in [-0.05, 0) is 25.2 Å². The molecule has 3 N–H and O–H groups in total. The highest BCUT2D eigenvalue weighted by atomic mass is 16.2. The smallest absolute Gasteiger partial charge is 0.224 e. The fraction of sp³-hybridized carbons (Fsp3) is 0.846. The minimum atomic E-state index is -0.627. The zero-order valence-electron chi connectivity index (χ0n) is 11.3. The minimum absolute atomic E-state index is 0.0431. The quantitative estimate of drug-likeness (QED) is 0.780. The van der Waals surface area contributed by atoms with E-state index in [9.17, 15) is 9.59 Å². The number of amides is 2. The Morgan fingerprint density at radius 1 is 1.35 bits per heavy atom. The summed E-state index contributed by atoms with van der Waals surface area (Å²) in [5.74, 6) is -0.699. The molecule has 1 fully saturated rings. The highest BCUT2D eigenvalue weighted by Crippen LogP contribution is 2.53. The molecule has 1 atom stereocenters. The Morgan fingerprint density at radius 2 is 1.88 bits per heavy atom. The van der Waals surface area contributed by atoms with Gasteiger partial charge >= 0.3 is 0 Å². The number of carbonyl (C=O) groups excluding carboxylic acids is 2. The Kier molecular flexibility index (Phi) is 3.84. The summed E-state index contributed by atoms with van der Waals surface area (Å²) in [6.07, 6.45) is 2.46. The third-order valence-electron chi connectivity index (χ3n) is 3.77. The van der Waals surface area contributed by atoms with Crippen molar-refractivity contribution in [3.8, 4) is 0 Å². The van der Waals surface area contributed by atoms with Crippen molar-refractivity contribution in [1.29, 1.82) is 0 Å². The summed E-state index contributed by atoms with van der Waals surface area (Å²) in [5, 5.41) is 2.83. The van der Waals surface area contributed by atoms with E-state index in [4.69, 9.17) is 5.73 Å². The van der Waals surface area contributed by atoms with Gasteiger partial charge in [0.2, 0.25) is 11.8 Å². The summed E-state index contributed by atoms with van der Waals surface area (Å²) >= 11 is 0. The lowest BCUT2D eigenvalue weighted by atomic mass is 9.54. The maximum atomic E-state index is 12.2. The van der Waals surface area contributed by atoms with E-state index in [1.165, 1.54) is 0 Å². The van der Waals surface area contributed by atoms with Crippen LogP contribution in [0.15, 0.2) is 0 Å². The molecule has 98 valence electrons. The molecular formula is C13H24N2O2. The highest BCUT2D eigenvalue weighted by molar-refractivity contribution is 5.91. The second-order valence-electron chi connectivity index (χ2n) is 6.07. The second kappa shape index (κ2) is 4.67. The molecule has 0 saturated heterocycles. The Balaban J connectivity index is 3.06. The molecule has 0 aromatic rings. The topological polar surface area (TPSA) is 72.2 Å². The van der Waals surface area contributed by atoms with Crippen LogP contribution < -0.4 is 11.1 Å². The first-order chi connectivity index (χ1) is 7.75. The number of rotatable bonds is 4. The van der Waals surface area contributed by atoms with E-state index in [1.54, 1.807) is 0 Å². The van der Waals surface area contributed by atoms with Gasteiger partial charge in [-0.25, -0.2) is 0 Å². The van der Waals surface area contributed by atoms with Crippen molar-refractivity contribution in [1.82, 2.24) is 5.32 Å². The third kappa shape index (κ3) is 2.45.